The third-order valence-corrected chi connectivity index (χ3v) is 4.38. The first-order chi connectivity index (χ1) is 14.4. The first kappa shape index (κ1) is 21.0. The van der Waals surface area contributed by atoms with Crippen LogP contribution in [-0.2, 0) is 4.74 Å². The Hall–Kier alpha value is -3.72. The number of esters is 1. The summed E-state index contributed by atoms with van der Waals surface area (Å²) < 4.78 is 10.6. The number of rotatable bonds is 7. The second-order valence-electron chi connectivity index (χ2n) is 6.07. The molecule has 0 spiro atoms. The Balaban J connectivity index is 1.93. The van der Waals surface area contributed by atoms with Crippen molar-refractivity contribution in [1.82, 2.24) is 9.97 Å². The molecule has 30 heavy (non-hydrogen) atoms. The standard InChI is InChI=1S/C20H17ClN4O5/c1-3-29-20(26)13-5-4-6-14(10-13)24-18-17(25(27)28)19(23-11-22-18)30-15-7-8-16(21)12(2)9-15/h4-11H,3H2,1-2H3,(H,22,23,24). The number of aromatic nitrogens is 2. The number of anilines is 2. The van der Waals surface area contributed by atoms with Crippen LogP contribution in [0.5, 0.6) is 11.6 Å². The number of halogens is 1. The molecule has 154 valence electrons. The fourth-order valence-electron chi connectivity index (χ4n) is 2.56. The summed E-state index contributed by atoms with van der Waals surface area (Å²) in [6.07, 6.45) is 1.14. The van der Waals surface area contributed by atoms with Gasteiger partial charge in [-0.2, -0.15) is 4.98 Å². The van der Waals surface area contributed by atoms with Crippen LogP contribution in [0.2, 0.25) is 5.02 Å². The quantitative estimate of drug-likeness (QED) is 0.315. The zero-order valence-corrected chi connectivity index (χ0v) is 16.8. The van der Waals surface area contributed by atoms with Crippen molar-refractivity contribution in [2.45, 2.75) is 13.8 Å². The number of carbonyl (C=O) groups is 1. The maximum Gasteiger partial charge on any atom is 0.373 e. The molecule has 1 N–H and O–H groups in total. The van der Waals surface area contributed by atoms with Gasteiger partial charge in [-0.15, -0.1) is 0 Å². The van der Waals surface area contributed by atoms with Crippen molar-refractivity contribution >= 4 is 34.8 Å². The highest BCUT2D eigenvalue weighted by molar-refractivity contribution is 6.31. The van der Waals surface area contributed by atoms with E-state index in [2.05, 4.69) is 15.3 Å². The molecule has 1 aromatic heterocycles. The van der Waals surface area contributed by atoms with Crippen LogP contribution in [0.4, 0.5) is 17.2 Å². The number of aryl methyl sites for hydroxylation is 1. The maximum atomic E-state index is 11.9. The zero-order valence-electron chi connectivity index (χ0n) is 16.1. The summed E-state index contributed by atoms with van der Waals surface area (Å²) in [7, 11) is 0. The van der Waals surface area contributed by atoms with Crippen LogP contribution in [0.15, 0.2) is 48.8 Å². The Morgan fingerprint density at radius 3 is 2.73 bits per heavy atom. The van der Waals surface area contributed by atoms with E-state index >= 15 is 0 Å². The molecule has 0 amide bonds. The van der Waals surface area contributed by atoms with E-state index in [1.54, 1.807) is 50.2 Å². The van der Waals surface area contributed by atoms with Crippen molar-refractivity contribution in [3.8, 4) is 11.6 Å². The summed E-state index contributed by atoms with van der Waals surface area (Å²) in [5, 5.41) is 15.1. The minimum Gasteiger partial charge on any atom is -0.462 e. The molecule has 0 aliphatic carbocycles. The third-order valence-electron chi connectivity index (χ3n) is 3.95. The van der Waals surface area contributed by atoms with Crippen LogP contribution in [-0.4, -0.2) is 27.5 Å². The number of nitrogens with one attached hydrogen (secondary N) is 1. The molecular weight excluding hydrogens is 412 g/mol. The van der Waals surface area contributed by atoms with E-state index in [1.807, 2.05) is 0 Å². The molecule has 0 saturated carbocycles. The van der Waals surface area contributed by atoms with E-state index in [9.17, 15) is 14.9 Å². The van der Waals surface area contributed by atoms with Crippen LogP contribution in [0.3, 0.4) is 0 Å². The molecule has 0 bridgehead atoms. The van der Waals surface area contributed by atoms with Crippen LogP contribution in [0, 0.1) is 17.0 Å². The van der Waals surface area contributed by atoms with E-state index in [0.29, 0.717) is 22.0 Å². The molecule has 0 saturated heterocycles. The predicted molar refractivity (Wildman–Crippen MR) is 111 cm³/mol. The summed E-state index contributed by atoms with van der Waals surface area (Å²) in [5.41, 5.74) is 1.01. The Kier molecular flexibility index (Phi) is 6.43. The number of ether oxygens (including phenoxy) is 2. The largest absolute Gasteiger partial charge is 0.462 e. The molecule has 0 atom stereocenters. The van der Waals surface area contributed by atoms with Gasteiger partial charge in [0.2, 0.25) is 5.82 Å². The minimum absolute atomic E-state index is 0.0864. The average Bonchev–Trinajstić information content (AvgIpc) is 2.71. The number of nitro groups is 1. The SMILES string of the molecule is CCOC(=O)c1cccc(Nc2ncnc(Oc3ccc(Cl)c(C)c3)c2[N+](=O)[O-])c1. The second kappa shape index (κ2) is 9.19. The summed E-state index contributed by atoms with van der Waals surface area (Å²) in [6.45, 7) is 3.72. The molecular formula is C20H17ClN4O5. The van der Waals surface area contributed by atoms with Crippen molar-refractivity contribution < 1.29 is 19.2 Å². The number of hydrogen-bond donors (Lipinski definition) is 1. The van der Waals surface area contributed by atoms with E-state index in [0.717, 1.165) is 11.9 Å². The van der Waals surface area contributed by atoms with Crippen LogP contribution in [0.25, 0.3) is 0 Å². The van der Waals surface area contributed by atoms with Gasteiger partial charge in [0.15, 0.2) is 0 Å². The van der Waals surface area contributed by atoms with Gasteiger partial charge in [0.05, 0.1) is 17.1 Å². The number of hydrogen-bond acceptors (Lipinski definition) is 8. The van der Waals surface area contributed by atoms with E-state index < -0.39 is 16.6 Å². The number of benzene rings is 2. The molecule has 0 aliphatic heterocycles. The molecule has 0 radical (unpaired) electrons. The number of carbonyl (C=O) groups excluding carboxylic acids is 1. The predicted octanol–water partition coefficient (Wildman–Crippen LogP) is 5.06. The monoisotopic (exact) mass is 428 g/mol. The first-order valence-electron chi connectivity index (χ1n) is 8.86. The van der Waals surface area contributed by atoms with Crippen molar-refractivity contribution in [3.63, 3.8) is 0 Å². The van der Waals surface area contributed by atoms with Gasteiger partial charge in [-0.3, -0.25) is 10.1 Å². The van der Waals surface area contributed by atoms with Crippen LogP contribution < -0.4 is 10.1 Å². The highest BCUT2D eigenvalue weighted by Crippen LogP contribution is 2.36. The Morgan fingerprint density at radius 2 is 2.03 bits per heavy atom. The zero-order chi connectivity index (χ0) is 21.7. The van der Waals surface area contributed by atoms with E-state index in [1.165, 1.54) is 6.07 Å². The van der Waals surface area contributed by atoms with Gasteiger partial charge in [0, 0.05) is 10.7 Å². The first-order valence-corrected chi connectivity index (χ1v) is 9.24. The Morgan fingerprint density at radius 1 is 1.23 bits per heavy atom. The molecule has 2 aromatic carbocycles. The van der Waals surface area contributed by atoms with Gasteiger partial charge in [0.1, 0.15) is 12.1 Å². The van der Waals surface area contributed by atoms with Gasteiger partial charge < -0.3 is 14.8 Å². The lowest BCUT2D eigenvalue weighted by Gasteiger charge is -2.11. The molecule has 3 rings (SSSR count). The van der Waals surface area contributed by atoms with E-state index in [4.69, 9.17) is 21.1 Å². The van der Waals surface area contributed by atoms with Gasteiger partial charge in [-0.25, -0.2) is 9.78 Å². The van der Waals surface area contributed by atoms with Crippen LogP contribution >= 0.6 is 11.6 Å². The summed E-state index contributed by atoms with van der Waals surface area (Å²) in [5.74, 6) is -0.480. The smallest absolute Gasteiger partial charge is 0.373 e. The van der Waals surface area contributed by atoms with Crippen molar-refractivity contribution in [1.29, 1.82) is 0 Å². The second-order valence-corrected chi connectivity index (χ2v) is 6.48. The lowest BCUT2D eigenvalue weighted by molar-refractivity contribution is -0.385. The molecule has 9 nitrogen and oxygen atoms in total. The topological polar surface area (TPSA) is 116 Å². The molecule has 0 fully saturated rings. The van der Waals surface area contributed by atoms with Crippen molar-refractivity contribution in [2.24, 2.45) is 0 Å². The maximum absolute atomic E-state index is 11.9. The Labute approximate surface area is 176 Å². The van der Waals surface area contributed by atoms with Crippen molar-refractivity contribution in [3.05, 3.63) is 75.1 Å². The third kappa shape index (κ3) is 4.81. The molecule has 10 heteroatoms. The lowest BCUT2D eigenvalue weighted by Crippen LogP contribution is -2.06. The van der Waals surface area contributed by atoms with Gasteiger partial charge in [-0.1, -0.05) is 17.7 Å². The summed E-state index contributed by atoms with van der Waals surface area (Å²) in [6, 6.07) is 11.2. The normalized spacial score (nSPS) is 10.4. The number of nitrogens with zero attached hydrogens (tertiary/aromatic N) is 3. The van der Waals surface area contributed by atoms with Gasteiger partial charge in [0.25, 0.3) is 0 Å². The van der Waals surface area contributed by atoms with E-state index in [-0.39, 0.29) is 18.3 Å². The highest BCUT2D eigenvalue weighted by atomic mass is 35.5. The Bertz CT molecular complexity index is 1110. The lowest BCUT2D eigenvalue weighted by atomic mass is 10.2. The molecule has 1 heterocycles. The molecule has 0 unspecified atom stereocenters. The molecule has 0 aliphatic rings. The summed E-state index contributed by atoms with van der Waals surface area (Å²) >= 11 is 6.00. The van der Waals surface area contributed by atoms with Crippen molar-refractivity contribution in [2.75, 3.05) is 11.9 Å². The highest BCUT2D eigenvalue weighted by Gasteiger charge is 2.25. The fraction of sp³-hybridized carbons (Fsp3) is 0.150. The average molecular weight is 429 g/mol. The van der Waals surface area contributed by atoms with Crippen LogP contribution in [0.1, 0.15) is 22.8 Å². The van der Waals surface area contributed by atoms with Gasteiger partial charge >= 0.3 is 17.5 Å². The molecule has 3 aromatic rings. The summed E-state index contributed by atoms with van der Waals surface area (Å²) in [4.78, 5) is 30.8. The minimum atomic E-state index is -0.643. The van der Waals surface area contributed by atoms with Gasteiger partial charge in [-0.05, 0) is 55.8 Å². The fourth-order valence-corrected chi connectivity index (χ4v) is 2.68.